The lowest BCUT2D eigenvalue weighted by Gasteiger charge is -1.99. The van der Waals surface area contributed by atoms with Gasteiger partial charge < -0.3 is 10.3 Å². The highest BCUT2D eigenvalue weighted by molar-refractivity contribution is 7.13. The molecule has 0 bridgehead atoms. The average Bonchev–Trinajstić information content (AvgIpc) is 3.08. The molecule has 100 valence electrons. The van der Waals surface area contributed by atoms with E-state index in [2.05, 4.69) is 59.1 Å². The second-order valence-electron chi connectivity index (χ2n) is 4.41. The summed E-state index contributed by atoms with van der Waals surface area (Å²) in [5, 5.41) is 6.23. The topological polar surface area (TPSA) is 27.8 Å². The van der Waals surface area contributed by atoms with Crippen LogP contribution in [0.15, 0.2) is 41.9 Å². The van der Waals surface area contributed by atoms with Crippen molar-refractivity contribution in [2.45, 2.75) is 13.3 Å². The van der Waals surface area contributed by atoms with Gasteiger partial charge in [-0.25, -0.2) is 0 Å². The number of nitrogens with one attached hydrogen (secondary N) is 2. The summed E-state index contributed by atoms with van der Waals surface area (Å²) in [5.41, 5.74) is 3.95. The summed E-state index contributed by atoms with van der Waals surface area (Å²) in [6.45, 7) is 2.19. The van der Waals surface area contributed by atoms with Crippen LogP contribution in [0.2, 0.25) is 0 Å². The van der Waals surface area contributed by atoms with Gasteiger partial charge in [0.05, 0.1) is 0 Å². The van der Waals surface area contributed by atoms with Crippen LogP contribution in [0, 0.1) is 0 Å². The van der Waals surface area contributed by atoms with Crippen LogP contribution >= 0.6 is 11.3 Å². The number of aromatic amines is 1. The third kappa shape index (κ3) is 3.06. The molecule has 1 aromatic carbocycles. The number of benzene rings is 1. The number of aryl methyl sites for hydroxylation is 1. The maximum Gasteiger partial charge on any atom is 0.0457 e. The number of hydrogen-bond acceptors (Lipinski definition) is 2. The molecule has 0 atom stereocenters. The van der Waals surface area contributed by atoms with Crippen LogP contribution in [-0.4, -0.2) is 19.1 Å². The SMILES string of the molecule is CCc1c[nH]c2ccc(-c3cccs3)cc12.CNC. The average molecular weight is 272 g/mol. The number of rotatable bonds is 2. The minimum atomic E-state index is 1.08. The van der Waals surface area contributed by atoms with Crippen molar-refractivity contribution in [2.75, 3.05) is 14.1 Å². The Morgan fingerprint density at radius 1 is 1.21 bits per heavy atom. The first-order valence-corrected chi connectivity index (χ1v) is 7.40. The largest absolute Gasteiger partial charge is 0.361 e. The van der Waals surface area contributed by atoms with Crippen LogP contribution < -0.4 is 5.32 Å². The van der Waals surface area contributed by atoms with Crippen LogP contribution in [0.4, 0.5) is 0 Å². The molecule has 0 saturated carbocycles. The molecule has 3 heteroatoms. The Kier molecular flexibility index (Phi) is 4.77. The molecule has 0 aliphatic heterocycles. The normalized spacial score (nSPS) is 10.3. The van der Waals surface area contributed by atoms with Gasteiger partial charge in [-0.2, -0.15) is 0 Å². The van der Waals surface area contributed by atoms with Crippen molar-refractivity contribution >= 4 is 22.2 Å². The van der Waals surface area contributed by atoms with E-state index in [1.54, 1.807) is 11.3 Å². The van der Waals surface area contributed by atoms with E-state index in [0.29, 0.717) is 0 Å². The summed E-state index contributed by atoms with van der Waals surface area (Å²) in [6, 6.07) is 10.9. The second kappa shape index (κ2) is 6.55. The molecule has 3 aromatic rings. The molecule has 2 N–H and O–H groups in total. The first-order valence-electron chi connectivity index (χ1n) is 6.52. The van der Waals surface area contributed by atoms with Crippen molar-refractivity contribution < 1.29 is 0 Å². The fourth-order valence-corrected chi connectivity index (χ4v) is 2.79. The summed E-state index contributed by atoms with van der Waals surface area (Å²) in [6.07, 6.45) is 3.19. The molecule has 3 rings (SSSR count). The van der Waals surface area contributed by atoms with E-state index in [4.69, 9.17) is 0 Å². The molecule has 0 aliphatic rings. The van der Waals surface area contributed by atoms with Crippen LogP contribution in [0.25, 0.3) is 21.3 Å². The molecule has 0 spiro atoms. The fourth-order valence-electron chi connectivity index (χ4n) is 2.07. The highest BCUT2D eigenvalue weighted by atomic mass is 32.1. The quantitative estimate of drug-likeness (QED) is 0.715. The van der Waals surface area contributed by atoms with Crippen molar-refractivity contribution in [3.63, 3.8) is 0 Å². The van der Waals surface area contributed by atoms with E-state index < -0.39 is 0 Å². The number of H-pyrrole nitrogens is 1. The van der Waals surface area contributed by atoms with E-state index in [0.717, 1.165) is 6.42 Å². The Balaban J connectivity index is 0.000000408. The molecule has 0 aliphatic carbocycles. The molecule has 2 heterocycles. The van der Waals surface area contributed by atoms with Gasteiger partial charge in [0.2, 0.25) is 0 Å². The lowest BCUT2D eigenvalue weighted by atomic mass is 10.1. The van der Waals surface area contributed by atoms with Crippen LogP contribution in [0.1, 0.15) is 12.5 Å². The van der Waals surface area contributed by atoms with Crippen LogP contribution in [0.5, 0.6) is 0 Å². The third-order valence-corrected chi connectivity index (χ3v) is 3.87. The third-order valence-electron chi connectivity index (χ3n) is 2.95. The Morgan fingerprint density at radius 2 is 2.00 bits per heavy atom. The number of fused-ring (bicyclic) bond motifs is 1. The predicted molar refractivity (Wildman–Crippen MR) is 86.0 cm³/mol. The molecule has 19 heavy (non-hydrogen) atoms. The lowest BCUT2D eigenvalue weighted by molar-refractivity contribution is 1.02. The van der Waals surface area contributed by atoms with Gasteiger partial charge in [0.15, 0.2) is 0 Å². The molecule has 2 nitrogen and oxygen atoms in total. The molecule has 2 aromatic heterocycles. The van der Waals surface area contributed by atoms with Crippen LogP contribution in [-0.2, 0) is 6.42 Å². The minimum absolute atomic E-state index is 1.08. The Bertz CT molecular complexity index is 623. The molecule has 0 unspecified atom stereocenters. The Labute approximate surface area is 118 Å². The summed E-state index contributed by atoms with van der Waals surface area (Å²) in [7, 11) is 3.75. The van der Waals surface area contributed by atoms with Gasteiger partial charge in [-0.1, -0.05) is 19.1 Å². The summed E-state index contributed by atoms with van der Waals surface area (Å²) in [5.74, 6) is 0. The number of thiophene rings is 1. The van der Waals surface area contributed by atoms with Crippen LogP contribution in [0.3, 0.4) is 0 Å². The maximum atomic E-state index is 3.31. The highest BCUT2D eigenvalue weighted by Crippen LogP contribution is 2.29. The molecule has 0 fully saturated rings. The van der Waals surface area contributed by atoms with Crippen molar-refractivity contribution in [1.82, 2.24) is 10.3 Å². The van der Waals surface area contributed by atoms with Gasteiger partial charge in [-0.3, -0.25) is 0 Å². The first kappa shape index (κ1) is 13.8. The van der Waals surface area contributed by atoms with Gasteiger partial charge >= 0.3 is 0 Å². The minimum Gasteiger partial charge on any atom is -0.361 e. The highest BCUT2D eigenvalue weighted by Gasteiger charge is 2.04. The van der Waals surface area contributed by atoms with Crippen molar-refractivity contribution in [3.8, 4) is 10.4 Å². The molecular formula is C16H20N2S. The van der Waals surface area contributed by atoms with Gasteiger partial charge in [0, 0.05) is 22.0 Å². The van der Waals surface area contributed by atoms with E-state index in [9.17, 15) is 0 Å². The summed E-state index contributed by atoms with van der Waals surface area (Å²) in [4.78, 5) is 4.65. The Morgan fingerprint density at radius 3 is 2.63 bits per heavy atom. The summed E-state index contributed by atoms with van der Waals surface area (Å²) < 4.78 is 0. The molecular weight excluding hydrogens is 252 g/mol. The monoisotopic (exact) mass is 272 g/mol. The van der Waals surface area contributed by atoms with E-state index in [-0.39, 0.29) is 0 Å². The maximum absolute atomic E-state index is 3.31. The molecule has 0 radical (unpaired) electrons. The van der Waals surface area contributed by atoms with Gasteiger partial charge in [0.25, 0.3) is 0 Å². The van der Waals surface area contributed by atoms with E-state index >= 15 is 0 Å². The Hall–Kier alpha value is -1.58. The van der Waals surface area contributed by atoms with Crippen molar-refractivity contribution in [3.05, 3.63) is 47.5 Å². The first-order chi connectivity index (χ1) is 9.30. The van der Waals surface area contributed by atoms with Crippen molar-refractivity contribution in [1.29, 1.82) is 0 Å². The van der Waals surface area contributed by atoms with Gasteiger partial charge in [0.1, 0.15) is 0 Å². The second-order valence-corrected chi connectivity index (χ2v) is 5.35. The number of aromatic nitrogens is 1. The lowest BCUT2D eigenvalue weighted by Crippen LogP contribution is -1.89. The molecule has 0 amide bonds. The number of hydrogen-bond donors (Lipinski definition) is 2. The zero-order valence-electron chi connectivity index (χ0n) is 11.7. The zero-order valence-corrected chi connectivity index (χ0v) is 12.5. The zero-order chi connectivity index (χ0) is 13.7. The van der Waals surface area contributed by atoms with Gasteiger partial charge in [-0.05, 0) is 55.2 Å². The smallest absolute Gasteiger partial charge is 0.0457 e. The predicted octanol–water partition coefficient (Wildman–Crippen LogP) is 4.29. The van der Waals surface area contributed by atoms with Gasteiger partial charge in [-0.15, -0.1) is 11.3 Å². The van der Waals surface area contributed by atoms with E-state index in [1.165, 1.54) is 26.9 Å². The summed E-state index contributed by atoms with van der Waals surface area (Å²) >= 11 is 1.79. The fraction of sp³-hybridized carbons (Fsp3) is 0.250. The molecule has 0 saturated heterocycles. The standard InChI is InChI=1S/C14H13NS.C2H7N/c1-2-10-9-15-13-6-5-11(8-12(10)13)14-4-3-7-16-14;1-3-2/h3-9,15H,2H2,1H3;3H,1-2H3. The van der Waals surface area contributed by atoms with Crippen molar-refractivity contribution in [2.24, 2.45) is 0 Å². The van der Waals surface area contributed by atoms with E-state index in [1.807, 2.05) is 14.1 Å².